The Morgan fingerprint density at radius 3 is 2.62 bits per heavy atom. The molecule has 126 valence electrons. The molecule has 0 bridgehead atoms. The zero-order valence-corrected chi connectivity index (χ0v) is 14.4. The monoisotopic (exact) mass is 365 g/mol. The number of fused-ring (bicyclic) bond motifs is 1. The summed E-state index contributed by atoms with van der Waals surface area (Å²) < 4.78 is 23.2. The van der Waals surface area contributed by atoms with Crippen LogP contribution in [-0.4, -0.2) is 43.1 Å². The highest BCUT2D eigenvalue weighted by Crippen LogP contribution is 2.30. The third-order valence-corrected chi connectivity index (χ3v) is 6.74. The molecule has 0 fully saturated rings. The summed E-state index contributed by atoms with van der Waals surface area (Å²) >= 11 is 0.990. The number of carbonyl (C=O) groups is 2. The van der Waals surface area contributed by atoms with Gasteiger partial charge in [0, 0.05) is 24.7 Å². The van der Waals surface area contributed by atoms with Crippen LogP contribution in [0.2, 0.25) is 0 Å². The summed E-state index contributed by atoms with van der Waals surface area (Å²) in [4.78, 5) is 25.7. The van der Waals surface area contributed by atoms with Gasteiger partial charge in [-0.1, -0.05) is 24.3 Å². The van der Waals surface area contributed by atoms with Gasteiger partial charge in [0.2, 0.25) is 0 Å². The van der Waals surface area contributed by atoms with Crippen LogP contribution in [0.3, 0.4) is 0 Å². The zero-order chi connectivity index (χ0) is 17.5. The lowest BCUT2D eigenvalue weighted by molar-refractivity contribution is -0.139. The molecule has 1 atom stereocenters. The van der Waals surface area contributed by atoms with Crippen molar-refractivity contribution in [2.24, 2.45) is 0 Å². The Morgan fingerprint density at radius 1 is 1.29 bits per heavy atom. The lowest BCUT2D eigenvalue weighted by Crippen LogP contribution is -2.40. The first-order chi connectivity index (χ1) is 11.3. The number of sulfone groups is 1. The molecular weight excluding hydrogens is 350 g/mol. The van der Waals surface area contributed by atoms with Gasteiger partial charge < -0.3 is 10.0 Å². The van der Waals surface area contributed by atoms with Gasteiger partial charge in [-0.2, -0.15) is 0 Å². The fraction of sp³-hybridized carbons (Fsp3) is 0.250. The summed E-state index contributed by atoms with van der Waals surface area (Å²) in [6.45, 7) is 0.373. The van der Waals surface area contributed by atoms with Gasteiger partial charge in [-0.05, 0) is 17.2 Å². The van der Waals surface area contributed by atoms with Crippen LogP contribution in [0.4, 0.5) is 0 Å². The Labute approximate surface area is 143 Å². The minimum atomic E-state index is -3.37. The predicted octanol–water partition coefficient (Wildman–Crippen LogP) is 1.98. The maximum Gasteiger partial charge on any atom is 0.312 e. The molecule has 6 nitrogen and oxygen atoms in total. The molecule has 1 aromatic heterocycles. The minimum Gasteiger partial charge on any atom is -0.481 e. The molecule has 0 radical (unpaired) electrons. The van der Waals surface area contributed by atoms with Gasteiger partial charge in [0.05, 0.1) is 11.5 Å². The summed E-state index contributed by atoms with van der Waals surface area (Å²) in [6.07, 6.45) is 1.09. The van der Waals surface area contributed by atoms with Crippen molar-refractivity contribution in [2.45, 2.75) is 16.7 Å². The maximum absolute atomic E-state index is 12.7. The summed E-state index contributed by atoms with van der Waals surface area (Å²) in [5.74, 6) is -2.13. The summed E-state index contributed by atoms with van der Waals surface area (Å²) in [7, 11) is -3.37. The van der Waals surface area contributed by atoms with Gasteiger partial charge in [0.1, 0.15) is 4.21 Å². The number of carboxylic acid groups (broad SMARTS) is 1. The van der Waals surface area contributed by atoms with E-state index in [-0.39, 0.29) is 22.2 Å². The van der Waals surface area contributed by atoms with E-state index >= 15 is 0 Å². The Balaban J connectivity index is 1.92. The highest BCUT2D eigenvalue weighted by Gasteiger charge is 2.33. The number of thiophene rings is 1. The third-order valence-electron chi connectivity index (χ3n) is 3.97. The fourth-order valence-corrected chi connectivity index (χ4v) is 4.57. The van der Waals surface area contributed by atoms with Crippen LogP contribution in [0, 0.1) is 0 Å². The van der Waals surface area contributed by atoms with Gasteiger partial charge in [0.25, 0.3) is 5.91 Å². The van der Waals surface area contributed by atoms with Gasteiger partial charge in [-0.3, -0.25) is 9.59 Å². The van der Waals surface area contributed by atoms with E-state index in [0.29, 0.717) is 6.54 Å². The molecule has 1 N–H and O–H groups in total. The largest absolute Gasteiger partial charge is 0.481 e. The van der Waals surface area contributed by atoms with Crippen LogP contribution in [0.15, 0.2) is 39.9 Å². The number of carbonyl (C=O) groups excluding carboxylic acids is 1. The average Bonchev–Trinajstić information content (AvgIpc) is 3.03. The van der Waals surface area contributed by atoms with E-state index in [1.54, 1.807) is 24.3 Å². The van der Waals surface area contributed by atoms with E-state index in [1.807, 2.05) is 0 Å². The standard InChI is InChI=1S/C16H15NO5S2/c1-24(21,22)14-6-11(9-23-14)15(18)17-7-10-4-2-3-5-12(10)13(8-17)16(19)20/h2-6,9,13H,7-8H2,1H3,(H,19,20). The summed E-state index contributed by atoms with van der Waals surface area (Å²) in [6, 6.07) is 8.50. The molecule has 0 spiro atoms. The van der Waals surface area contributed by atoms with E-state index < -0.39 is 21.7 Å². The minimum absolute atomic E-state index is 0.0647. The second-order valence-electron chi connectivity index (χ2n) is 5.70. The van der Waals surface area contributed by atoms with E-state index in [2.05, 4.69) is 0 Å². The number of benzene rings is 1. The Hall–Kier alpha value is -2.19. The molecule has 0 saturated carbocycles. The molecule has 1 amide bonds. The van der Waals surface area contributed by atoms with Crippen molar-refractivity contribution in [2.75, 3.05) is 12.8 Å². The lowest BCUT2D eigenvalue weighted by atomic mass is 9.89. The third kappa shape index (κ3) is 3.07. The molecule has 1 unspecified atom stereocenters. The van der Waals surface area contributed by atoms with Crippen LogP contribution in [0.25, 0.3) is 0 Å². The van der Waals surface area contributed by atoms with Crippen molar-refractivity contribution in [1.82, 2.24) is 4.90 Å². The quantitative estimate of drug-likeness (QED) is 0.898. The Bertz CT molecular complexity index is 916. The highest BCUT2D eigenvalue weighted by atomic mass is 32.2. The van der Waals surface area contributed by atoms with Gasteiger partial charge in [-0.25, -0.2) is 8.42 Å². The number of rotatable bonds is 3. The molecular formula is C16H15NO5S2. The molecule has 2 aromatic rings. The number of amides is 1. The SMILES string of the molecule is CS(=O)(=O)c1cc(C(=O)N2Cc3ccccc3C(C(=O)O)C2)cs1. The van der Waals surface area contributed by atoms with Gasteiger partial charge >= 0.3 is 5.97 Å². The van der Waals surface area contributed by atoms with E-state index in [1.165, 1.54) is 16.3 Å². The van der Waals surface area contributed by atoms with Crippen molar-refractivity contribution >= 4 is 33.1 Å². The zero-order valence-electron chi connectivity index (χ0n) is 12.8. The van der Waals surface area contributed by atoms with Crippen LogP contribution in [0.5, 0.6) is 0 Å². The maximum atomic E-state index is 12.7. The van der Waals surface area contributed by atoms with Crippen LogP contribution in [0.1, 0.15) is 27.4 Å². The molecule has 3 rings (SSSR count). The molecule has 1 aliphatic heterocycles. The van der Waals surface area contributed by atoms with Gasteiger partial charge in [-0.15, -0.1) is 11.3 Å². The fourth-order valence-electron chi connectivity index (χ4n) is 2.78. The van der Waals surface area contributed by atoms with Crippen molar-refractivity contribution in [3.63, 3.8) is 0 Å². The number of hydrogen-bond acceptors (Lipinski definition) is 5. The molecule has 8 heteroatoms. The van der Waals surface area contributed by atoms with Crippen molar-refractivity contribution in [3.05, 3.63) is 52.4 Å². The number of nitrogens with zero attached hydrogens (tertiary/aromatic N) is 1. The van der Waals surface area contributed by atoms with E-state index in [4.69, 9.17) is 0 Å². The van der Waals surface area contributed by atoms with Crippen molar-refractivity contribution < 1.29 is 23.1 Å². The predicted molar refractivity (Wildman–Crippen MR) is 89.0 cm³/mol. The van der Waals surface area contributed by atoms with Crippen LogP contribution in [-0.2, 0) is 21.2 Å². The molecule has 24 heavy (non-hydrogen) atoms. The average molecular weight is 365 g/mol. The smallest absolute Gasteiger partial charge is 0.312 e. The van der Waals surface area contributed by atoms with Crippen LogP contribution < -0.4 is 0 Å². The first kappa shape index (κ1) is 16.7. The molecule has 1 aliphatic rings. The van der Waals surface area contributed by atoms with E-state index in [0.717, 1.165) is 28.7 Å². The first-order valence-electron chi connectivity index (χ1n) is 7.16. The second-order valence-corrected chi connectivity index (χ2v) is 8.86. The number of carboxylic acids is 1. The lowest BCUT2D eigenvalue weighted by Gasteiger charge is -2.32. The topological polar surface area (TPSA) is 91.8 Å². The molecule has 0 saturated heterocycles. The normalized spacial score (nSPS) is 17.4. The number of hydrogen-bond donors (Lipinski definition) is 1. The Morgan fingerprint density at radius 2 is 2.00 bits per heavy atom. The van der Waals surface area contributed by atoms with E-state index in [9.17, 15) is 23.1 Å². The first-order valence-corrected chi connectivity index (χ1v) is 9.93. The summed E-state index contributed by atoms with van der Waals surface area (Å²) in [5.41, 5.74) is 1.78. The molecule has 0 aliphatic carbocycles. The van der Waals surface area contributed by atoms with Gasteiger partial charge in [0.15, 0.2) is 9.84 Å². The molecule has 1 aromatic carbocycles. The summed E-state index contributed by atoms with van der Waals surface area (Å²) in [5, 5.41) is 10.9. The number of aliphatic carboxylic acids is 1. The molecule has 2 heterocycles. The second kappa shape index (κ2) is 6.03. The van der Waals surface area contributed by atoms with Crippen LogP contribution >= 0.6 is 11.3 Å². The Kier molecular flexibility index (Phi) is 4.18. The van der Waals surface area contributed by atoms with Crippen molar-refractivity contribution in [3.8, 4) is 0 Å². The highest BCUT2D eigenvalue weighted by molar-refractivity contribution is 7.92. The van der Waals surface area contributed by atoms with Crippen molar-refractivity contribution in [1.29, 1.82) is 0 Å².